The van der Waals surface area contributed by atoms with E-state index < -0.39 is 5.82 Å². The molecule has 2 aromatic heterocycles. The standard InChI is InChI=1S/C26H32FN7O2/c27-22-13-17(5-8-20(22)24(35)30-19-6-7-19)21-15-29-34-23(21)32-25(31-18-3-1-2-4-18)33-26(34)28-14-16-9-11-36-12-10-16/h5,8,13,15-16,18-19H,1-4,6-7,9-12,14H2,(H,30,35)(H2,28,31,32,33). The molecule has 3 aromatic rings. The molecule has 1 saturated heterocycles. The van der Waals surface area contributed by atoms with Gasteiger partial charge in [0.25, 0.3) is 5.91 Å². The highest BCUT2D eigenvalue weighted by Gasteiger charge is 2.26. The summed E-state index contributed by atoms with van der Waals surface area (Å²) in [7, 11) is 0. The Morgan fingerprint density at radius 2 is 1.86 bits per heavy atom. The van der Waals surface area contributed by atoms with Gasteiger partial charge in [-0.1, -0.05) is 18.9 Å². The van der Waals surface area contributed by atoms with Gasteiger partial charge < -0.3 is 20.7 Å². The van der Waals surface area contributed by atoms with Gasteiger partial charge in [-0.2, -0.15) is 19.6 Å². The number of rotatable bonds is 8. The SMILES string of the molecule is O=C(NC1CC1)c1ccc(-c2cnn3c(NCC4CCOCC4)nc(NC4CCCC4)nc23)cc1F. The quantitative estimate of drug-likeness (QED) is 0.435. The zero-order valence-corrected chi connectivity index (χ0v) is 20.3. The number of fused-ring (bicyclic) bond motifs is 1. The van der Waals surface area contributed by atoms with E-state index in [9.17, 15) is 9.18 Å². The van der Waals surface area contributed by atoms with Crippen LogP contribution in [0.4, 0.5) is 16.3 Å². The average molecular weight is 494 g/mol. The van der Waals surface area contributed by atoms with Crippen molar-refractivity contribution >= 4 is 23.5 Å². The van der Waals surface area contributed by atoms with Crippen molar-refractivity contribution in [3.63, 3.8) is 0 Å². The van der Waals surface area contributed by atoms with Crippen molar-refractivity contribution < 1.29 is 13.9 Å². The number of nitrogens with zero attached hydrogens (tertiary/aromatic N) is 4. The Balaban J connectivity index is 1.31. The molecular formula is C26H32FN7O2. The Kier molecular flexibility index (Phi) is 6.43. The molecule has 2 saturated carbocycles. The van der Waals surface area contributed by atoms with Crippen molar-refractivity contribution in [1.82, 2.24) is 24.9 Å². The number of carbonyl (C=O) groups is 1. The van der Waals surface area contributed by atoms with Gasteiger partial charge in [-0.3, -0.25) is 4.79 Å². The number of ether oxygens (including phenoxy) is 1. The van der Waals surface area contributed by atoms with Crippen LogP contribution in [-0.4, -0.2) is 57.3 Å². The highest BCUT2D eigenvalue weighted by atomic mass is 19.1. The zero-order chi connectivity index (χ0) is 24.5. The molecule has 0 atom stereocenters. The number of anilines is 2. The van der Waals surface area contributed by atoms with E-state index in [1.165, 1.54) is 25.0 Å². The van der Waals surface area contributed by atoms with E-state index in [1.807, 2.05) is 0 Å². The number of benzene rings is 1. The molecule has 3 aliphatic rings. The Bertz CT molecular complexity index is 1250. The highest BCUT2D eigenvalue weighted by molar-refractivity contribution is 5.95. The van der Waals surface area contributed by atoms with Gasteiger partial charge in [0, 0.05) is 37.4 Å². The molecule has 0 radical (unpaired) electrons. The number of nitrogens with one attached hydrogen (secondary N) is 3. The molecule has 190 valence electrons. The largest absolute Gasteiger partial charge is 0.381 e. The van der Waals surface area contributed by atoms with Gasteiger partial charge in [-0.15, -0.1) is 0 Å². The second-order valence-electron chi connectivity index (χ2n) is 10.2. The van der Waals surface area contributed by atoms with Gasteiger partial charge in [0.15, 0.2) is 5.65 Å². The predicted molar refractivity (Wildman–Crippen MR) is 135 cm³/mol. The normalized spacial score (nSPS) is 19.0. The molecule has 2 aliphatic carbocycles. The van der Waals surface area contributed by atoms with Crippen LogP contribution in [0, 0.1) is 11.7 Å². The van der Waals surface area contributed by atoms with E-state index in [1.54, 1.807) is 16.8 Å². The molecule has 6 rings (SSSR count). The third-order valence-corrected chi connectivity index (χ3v) is 7.38. The molecule has 0 unspecified atom stereocenters. The maximum absolute atomic E-state index is 15.0. The second kappa shape index (κ2) is 10.0. The van der Waals surface area contributed by atoms with Gasteiger partial charge in [0.1, 0.15) is 5.82 Å². The summed E-state index contributed by atoms with van der Waals surface area (Å²) in [6.45, 7) is 2.34. The van der Waals surface area contributed by atoms with Crippen LogP contribution in [-0.2, 0) is 4.74 Å². The first kappa shape index (κ1) is 23.1. The number of hydrogen-bond acceptors (Lipinski definition) is 7. The lowest BCUT2D eigenvalue weighted by Crippen LogP contribution is -2.26. The summed E-state index contributed by atoms with van der Waals surface area (Å²) in [4.78, 5) is 21.9. The smallest absolute Gasteiger partial charge is 0.254 e. The van der Waals surface area contributed by atoms with Crippen LogP contribution in [0.5, 0.6) is 0 Å². The van der Waals surface area contributed by atoms with Crippen LogP contribution in [0.1, 0.15) is 61.7 Å². The molecule has 0 bridgehead atoms. The summed E-state index contributed by atoms with van der Waals surface area (Å²) >= 11 is 0. The topological polar surface area (TPSA) is 105 Å². The molecule has 36 heavy (non-hydrogen) atoms. The molecule has 1 aromatic carbocycles. The molecule has 3 fully saturated rings. The number of hydrogen-bond donors (Lipinski definition) is 3. The predicted octanol–water partition coefficient (Wildman–Crippen LogP) is 4.02. The lowest BCUT2D eigenvalue weighted by atomic mass is 10.0. The fourth-order valence-electron chi connectivity index (χ4n) is 5.06. The van der Waals surface area contributed by atoms with Gasteiger partial charge in [-0.25, -0.2) is 4.39 Å². The Labute approximate surface area is 209 Å². The second-order valence-corrected chi connectivity index (χ2v) is 10.2. The minimum atomic E-state index is -0.554. The molecule has 10 heteroatoms. The summed E-state index contributed by atoms with van der Waals surface area (Å²) in [6.07, 6.45) is 10.2. The maximum Gasteiger partial charge on any atom is 0.254 e. The summed E-state index contributed by atoms with van der Waals surface area (Å²) < 4.78 is 22.1. The van der Waals surface area contributed by atoms with Crippen molar-refractivity contribution in [1.29, 1.82) is 0 Å². The molecule has 1 amide bonds. The molecule has 1 aliphatic heterocycles. The lowest BCUT2D eigenvalue weighted by molar-refractivity contribution is 0.0699. The number of aromatic nitrogens is 4. The van der Waals surface area contributed by atoms with E-state index in [0.29, 0.717) is 40.6 Å². The fourth-order valence-corrected chi connectivity index (χ4v) is 5.06. The molecule has 3 heterocycles. The van der Waals surface area contributed by atoms with Crippen molar-refractivity contribution in [2.24, 2.45) is 5.92 Å². The molecular weight excluding hydrogens is 461 g/mol. The van der Waals surface area contributed by atoms with Gasteiger partial charge >= 0.3 is 0 Å². The number of halogens is 1. The Morgan fingerprint density at radius 3 is 2.61 bits per heavy atom. The maximum atomic E-state index is 15.0. The summed E-state index contributed by atoms with van der Waals surface area (Å²) in [6, 6.07) is 5.20. The van der Waals surface area contributed by atoms with E-state index in [0.717, 1.165) is 58.3 Å². The molecule has 9 nitrogen and oxygen atoms in total. The van der Waals surface area contributed by atoms with E-state index >= 15 is 0 Å². The van der Waals surface area contributed by atoms with Crippen LogP contribution in [0.3, 0.4) is 0 Å². The average Bonchev–Trinajstić information content (AvgIpc) is 3.36. The lowest BCUT2D eigenvalue weighted by Gasteiger charge is -2.22. The van der Waals surface area contributed by atoms with E-state index in [-0.39, 0.29) is 17.5 Å². The summed E-state index contributed by atoms with van der Waals surface area (Å²) in [5.41, 5.74) is 1.95. The van der Waals surface area contributed by atoms with Crippen LogP contribution in [0.25, 0.3) is 16.8 Å². The Morgan fingerprint density at radius 1 is 1.06 bits per heavy atom. The number of amides is 1. The third kappa shape index (κ3) is 5.00. The van der Waals surface area contributed by atoms with Crippen molar-refractivity contribution in [3.8, 4) is 11.1 Å². The van der Waals surface area contributed by atoms with Gasteiger partial charge in [0.05, 0.1) is 11.8 Å². The van der Waals surface area contributed by atoms with Gasteiger partial charge in [-0.05, 0) is 62.1 Å². The fraction of sp³-hybridized carbons (Fsp3) is 0.538. The molecule has 0 spiro atoms. The summed E-state index contributed by atoms with van der Waals surface area (Å²) in [5.74, 6) is 0.742. The van der Waals surface area contributed by atoms with Crippen LogP contribution >= 0.6 is 0 Å². The first-order chi connectivity index (χ1) is 17.6. The third-order valence-electron chi connectivity index (χ3n) is 7.38. The van der Waals surface area contributed by atoms with E-state index in [2.05, 4.69) is 21.0 Å². The van der Waals surface area contributed by atoms with Crippen molar-refractivity contribution in [2.45, 2.75) is 63.5 Å². The number of carbonyl (C=O) groups excluding carboxylic acids is 1. The van der Waals surface area contributed by atoms with Gasteiger partial charge in [0.2, 0.25) is 11.9 Å². The molecule has 3 N–H and O–H groups in total. The first-order valence-electron chi connectivity index (χ1n) is 13.1. The first-order valence-corrected chi connectivity index (χ1v) is 13.1. The minimum Gasteiger partial charge on any atom is -0.381 e. The highest BCUT2D eigenvalue weighted by Crippen LogP contribution is 2.29. The van der Waals surface area contributed by atoms with Crippen molar-refractivity contribution in [3.05, 3.63) is 35.8 Å². The monoisotopic (exact) mass is 493 g/mol. The van der Waals surface area contributed by atoms with Crippen molar-refractivity contribution in [2.75, 3.05) is 30.4 Å². The van der Waals surface area contributed by atoms with Crippen LogP contribution in [0.2, 0.25) is 0 Å². The van der Waals surface area contributed by atoms with E-state index in [4.69, 9.17) is 14.7 Å². The zero-order valence-electron chi connectivity index (χ0n) is 20.3. The van der Waals surface area contributed by atoms with Crippen LogP contribution < -0.4 is 16.0 Å². The minimum absolute atomic E-state index is 0.0548. The Hall–Kier alpha value is -3.27. The summed E-state index contributed by atoms with van der Waals surface area (Å²) in [5, 5.41) is 14.3. The van der Waals surface area contributed by atoms with Crippen LogP contribution in [0.15, 0.2) is 24.4 Å².